The highest BCUT2D eigenvalue weighted by Gasteiger charge is 2.08. The van der Waals surface area contributed by atoms with E-state index >= 15 is 0 Å². The van der Waals surface area contributed by atoms with Crippen molar-refractivity contribution in [2.24, 2.45) is 0 Å². The lowest BCUT2D eigenvalue weighted by Gasteiger charge is -2.22. The van der Waals surface area contributed by atoms with Crippen LogP contribution in [0.4, 0.5) is 11.4 Å². The van der Waals surface area contributed by atoms with Crippen molar-refractivity contribution in [2.75, 3.05) is 29.9 Å². The third-order valence-corrected chi connectivity index (χ3v) is 3.34. The average Bonchev–Trinajstić information content (AvgIpc) is 3.00. The molecule has 0 spiro atoms. The first-order chi connectivity index (χ1) is 9.74. The van der Waals surface area contributed by atoms with Gasteiger partial charge in [0.25, 0.3) is 0 Å². The first kappa shape index (κ1) is 14.5. The Kier molecular flexibility index (Phi) is 5.07. The number of nitrogens with zero attached hydrogens (tertiary/aromatic N) is 1. The molecule has 0 saturated heterocycles. The summed E-state index contributed by atoms with van der Waals surface area (Å²) in [5.74, 6) is 0.921. The highest BCUT2D eigenvalue weighted by atomic mass is 16.3. The minimum absolute atomic E-state index is 0.135. The predicted molar refractivity (Wildman–Crippen MR) is 82.2 cm³/mol. The van der Waals surface area contributed by atoms with Crippen LogP contribution in [0.5, 0.6) is 0 Å². The summed E-state index contributed by atoms with van der Waals surface area (Å²) in [6.07, 6.45) is 1.69. The molecule has 0 aliphatic rings. The minimum Gasteiger partial charge on any atom is -0.467 e. The Morgan fingerprint density at radius 3 is 2.55 bits per heavy atom. The van der Waals surface area contributed by atoms with Crippen LogP contribution in [0, 0.1) is 0 Å². The number of hydrogen-bond acceptors (Lipinski definition) is 4. The largest absolute Gasteiger partial charge is 0.467 e. The second kappa shape index (κ2) is 7.01. The molecule has 0 aliphatic heterocycles. The van der Waals surface area contributed by atoms with E-state index in [9.17, 15) is 0 Å². The summed E-state index contributed by atoms with van der Waals surface area (Å²) < 4.78 is 5.38. The van der Waals surface area contributed by atoms with Gasteiger partial charge in [0, 0.05) is 24.5 Å². The molecule has 1 aromatic heterocycles. The molecule has 1 heterocycles. The van der Waals surface area contributed by atoms with Gasteiger partial charge in [-0.3, -0.25) is 0 Å². The number of likely N-dealkylation sites (N-methyl/N-ethyl adjacent to an activating group) is 1. The van der Waals surface area contributed by atoms with Gasteiger partial charge < -0.3 is 19.7 Å². The molecule has 0 amide bonds. The number of benzene rings is 1. The fourth-order valence-corrected chi connectivity index (χ4v) is 2.22. The standard InChI is InChI=1S/C16H22N2O2/c1-3-18(10-11-19)15-8-6-14(7-9-15)17-13(2)16-5-4-12-20-16/h4-9,12-13,17,19H,3,10-11H2,1-2H3. The van der Waals surface area contributed by atoms with Crippen LogP contribution in [-0.2, 0) is 0 Å². The molecule has 20 heavy (non-hydrogen) atoms. The van der Waals surface area contributed by atoms with E-state index in [2.05, 4.69) is 48.3 Å². The van der Waals surface area contributed by atoms with Gasteiger partial charge in [-0.25, -0.2) is 0 Å². The molecule has 4 nitrogen and oxygen atoms in total. The number of rotatable bonds is 7. The van der Waals surface area contributed by atoms with E-state index in [1.807, 2.05) is 12.1 Å². The topological polar surface area (TPSA) is 48.6 Å². The molecule has 1 unspecified atom stereocenters. The SMILES string of the molecule is CCN(CCO)c1ccc(NC(C)c2ccco2)cc1. The molecule has 0 bridgehead atoms. The summed E-state index contributed by atoms with van der Waals surface area (Å²) in [5.41, 5.74) is 2.18. The van der Waals surface area contributed by atoms with E-state index in [1.54, 1.807) is 6.26 Å². The smallest absolute Gasteiger partial charge is 0.125 e. The van der Waals surface area contributed by atoms with Crippen molar-refractivity contribution in [3.05, 3.63) is 48.4 Å². The lowest BCUT2D eigenvalue weighted by Crippen LogP contribution is -2.25. The summed E-state index contributed by atoms with van der Waals surface area (Å²) >= 11 is 0. The summed E-state index contributed by atoms with van der Waals surface area (Å²) in [5, 5.41) is 12.4. The summed E-state index contributed by atoms with van der Waals surface area (Å²) in [4.78, 5) is 2.14. The van der Waals surface area contributed by atoms with Gasteiger partial charge in [-0.2, -0.15) is 0 Å². The maximum atomic E-state index is 9.04. The van der Waals surface area contributed by atoms with Crippen molar-refractivity contribution in [2.45, 2.75) is 19.9 Å². The maximum Gasteiger partial charge on any atom is 0.125 e. The number of furan rings is 1. The van der Waals surface area contributed by atoms with Crippen LogP contribution >= 0.6 is 0 Å². The van der Waals surface area contributed by atoms with Gasteiger partial charge in [0.15, 0.2) is 0 Å². The molecule has 0 aliphatic carbocycles. The Morgan fingerprint density at radius 2 is 2.00 bits per heavy atom. The molecule has 1 aromatic carbocycles. The third kappa shape index (κ3) is 3.54. The van der Waals surface area contributed by atoms with Gasteiger partial charge in [-0.15, -0.1) is 0 Å². The van der Waals surface area contributed by atoms with Crippen LogP contribution in [0.25, 0.3) is 0 Å². The van der Waals surface area contributed by atoms with Crippen molar-refractivity contribution in [3.63, 3.8) is 0 Å². The molecule has 108 valence electrons. The molecular formula is C16H22N2O2. The van der Waals surface area contributed by atoms with Gasteiger partial charge in [-0.1, -0.05) is 0 Å². The molecule has 0 radical (unpaired) electrons. The molecular weight excluding hydrogens is 252 g/mol. The molecule has 1 atom stereocenters. The quantitative estimate of drug-likeness (QED) is 0.813. The fourth-order valence-electron chi connectivity index (χ4n) is 2.22. The van der Waals surface area contributed by atoms with Crippen LogP contribution in [0.1, 0.15) is 25.6 Å². The highest BCUT2D eigenvalue weighted by Crippen LogP contribution is 2.22. The zero-order valence-electron chi connectivity index (χ0n) is 12.0. The average molecular weight is 274 g/mol. The lowest BCUT2D eigenvalue weighted by atomic mass is 10.2. The molecule has 2 N–H and O–H groups in total. The van der Waals surface area contributed by atoms with Crippen molar-refractivity contribution >= 4 is 11.4 Å². The second-order valence-corrected chi connectivity index (χ2v) is 4.73. The number of hydrogen-bond donors (Lipinski definition) is 2. The van der Waals surface area contributed by atoms with E-state index in [-0.39, 0.29) is 12.6 Å². The van der Waals surface area contributed by atoms with Gasteiger partial charge in [-0.05, 0) is 50.2 Å². The van der Waals surface area contributed by atoms with Crippen molar-refractivity contribution < 1.29 is 9.52 Å². The zero-order valence-corrected chi connectivity index (χ0v) is 12.0. The Labute approximate surface area is 120 Å². The first-order valence-corrected chi connectivity index (χ1v) is 7.00. The number of anilines is 2. The lowest BCUT2D eigenvalue weighted by molar-refractivity contribution is 0.302. The minimum atomic E-state index is 0.135. The van der Waals surface area contributed by atoms with Crippen molar-refractivity contribution in [1.29, 1.82) is 0 Å². The number of nitrogens with one attached hydrogen (secondary N) is 1. The van der Waals surface area contributed by atoms with Crippen LogP contribution in [0.3, 0.4) is 0 Å². The fraction of sp³-hybridized carbons (Fsp3) is 0.375. The van der Waals surface area contributed by atoms with E-state index in [4.69, 9.17) is 9.52 Å². The zero-order chi connectivity index (χ0) is 14.4. The van der Waals surface area contributed by atoms with Crippen LogP contribution in [-0.4, -0.2) is 24.8 Å². The summed E-state index contributed by atoms with van der Waals surface area (Å²) in [6, 6.07) is 12.2. The maximum absolute atomic E-state index is 9.04. The molecule has 2 rings (SSSR count). The van der Waals surface area contributed by atoms with E-state index in [0.717, 1.165) is 23.7 Å². The molecule has 0 fully saturated rings. The Hall–Kier alpha value is -1.94. The third-order valence-electron chi connectivity index (χ3n) is 3.34. The normalized spacial score (nSPS) is 12.2. The van der Waals surface area contributed by atoms with Gasteiger partial charge in [0.05, 0.1) is 18.9 Å². The van der Waals surface area contributed by atoms with Crippen LogP contribution in [0.2, 0.25) is 0 Å². The first-order valence-electron chi connectivity index (χ1n) is 7.00. The number of aliphatic hydroxyl groups is 1. The Morgan fingerprint density at radius 1 is 1.25 bits per heavy atom. The van der Waals surface area contributed by atoms with Gasteiger partial charge in [0.1, 0.15) is 5.76 Å². The predicted octanol–water partition coefficient (Wildman–Crippen LogP) is 3.27. The monoisotopic (exact) mass is 274 g/mol. The molecule has 4 heteroatoms. The molecule has 0 saturated carbocycles. The van der Waals surface area contributed by atoms with Gasteiger partial charge >= 0.3 is 0 Å². The highest BCUT2D eigenvalue weighted by molar-refractivity contribution is 5.55. The Bertz CT molecular complexity index is 494. The van der Waals surface area contributed by atoms with Gasteiger partial charge in [0.2, 0.25) is 0 Å². The van der Waals surface area contributed by atoms with E-state index < -0.39 is 0 Å². The Balaban J connectivity index is 2.01. The van der Waals surface area contributed by atoms with Crippen LogP contribution in [0.15, 0.2) is 47.1 Å². The number of aliphatic hydroxyl groups excluding tert-OH is 1. The van der Waals surface area contributed by atoms with Crippen molar-refractivity contribution in [1.82, 2.24) is 0 Å². The summed E-state index contributed by atoms with van der Waals surface area (Å²) in [6.45, 7) is 5.86. The molecule has 2 aromatic rings. The van der Waals surface area contributed by atoms with Crippen LogP contribution < -0.4 is 10.2 Å². The van der Waals surface area contributed by atoms with E-state index in [1.165, 1.54) is 0 Å². The summed E-state index contributed by atoms with van der Waals surface area (Å²) in [7, 11) is 0. The second-order valence-electron chi connectivity index (χ2n) is 4.73. The van der Waals surface area contributed by atoms with Crippen molar-refractivity contribution in [3.8, 4) is 0 Å². The van der Waals surface area contributed by atoms with E-state index in [0.29, 0.717) is 6.54 Å².